The number of nitrogens with zero attached hydrogens (tertiary/aromatic N) is 6. The third-order valence-electron chi connectivity index (χ3n) is 3.68. The smallest absolute Gasteiger partial charge is 0.261 e. The van der Waals surface area contributed by atoms with Crippen molar-refractivity contribution in [2.24, 2.45) is 0 Å². The van der Waals surface area contributed by atoms with Gasteiger partial charge in [-0.1, -0.05) is 12.1 Å². The van der Waals surface area contributed by atoms with Crippen molar-refractivity contribution in [3.8, 4) is 5.95 Å². The first kappa shape index (κ1) is 15.6. The molecule has 4 rings (SSSR count). The van der Waals surface area contributed by atoms with E-state index in [0.717, 1.165) is 0 Å². The molecule has 3 heterocycles. The van der Waals surface area contributed by atoms with Gasteiger partial charge in [0.25, 0.3) is 11.5 Å². The van der Waals surface area contributed by atoms with E-state index < -0.39 is 0 Å². The van der Waals surface area contributed by atoms with Gasteiger partial charge in [0.15, 0.2) is 0 Å². The Bertz CT molecular complexity index is 1120. The Morgan fingerprint density at radius 2 is 1.88 bits per heavy atom. The molecule has 0 spiro atoms. The largest absolute Gasteiger partial charge is 0.322 e. The Labute approximate surface area is 147 Å². The van der Waals surface area contributed by atoms with Gasteiger partial charge in [-0.05, 0) is 18.2 Å². The predicted octanol–water partition coefficient (Wildman–Crippen LogP) is 1.01. The molecule has 0 fully saturated rings. The van der Waals surface area contributed by atoms with E-state index in [2.05, 4.69) is 25.4 Å². The molecule has 26 heavy (non-hydrogen) atoms. The topological polar surface area (TPSA) is 108 Å². The minimum absolute atomic E-state index is 0.155. The first-order valence-corrected chi connectivity index (χ1v) is 7.77. The molecule has 1 amide bonds. The first-order valence-electron chi connectivity index (χ1n) is 7.77. The summed E-state index contributed by atoms with van der Waals surface area (Å²) in [6, 6.07) is 8.75. The van der Waals surface area contributed by atoms with Gasteiger partial charge in [0, 0.05) is 12.4 Å². The number of amides is 1. The third-order valence-corrected chi connectivity index (χ3v) is 3.68. The van der Waals surface area contributed by atoms with Crippen molar-refractivity contribution in [1.82, 2.24) is 29.3 Å². The number of nitrogens with one attached hydrogen (secondary N) is 1. The maximum Gasteiger partial charge on any atom is 0.261 e. The van der Waals surface area contributed by atoms with Crippen molar-refractivity contribution < 1.29 is 4.79 Å². The summed E-state index contributed by atoms with van der Waals surface area (Å²) in [5, 5.41) is 7.15. The number of benzene rings is 1. The lowest BCUT2D eigenvalue weighted by Crippen LogP contribution is -2.28. The van der Waals surface area contributed by atoms with Crippen LogP contribution in [0.25, 0.3) is 16.9 Å². The summed E-state index contributed by atoms with van der Waals surface area (Å²) < 4.78 is 2.77. The third kappa shape index (κ3) is 3.05. The number of hydrogen-bond donors (Lipinski definition) is 1. The van der Waals surface area contributed by atoms with E-state index >= 15 is 0 Å². The van der Waals surface area contributed by atoms with Crippen LogP contribution in [-0.2, 0) is 11.3 Å². The Kier molecular flexibility index (Phi) is 3.94. The molecule has 0 radical (unpaired) electrons. The van der Waals surface area contributed by atoms with Crippen LogP contribution in [0.1, 0.15) is 0 Å². The second-order valence-electron chi connectivity index (χ2n) is 5.47. The maximum atomic E-state index is 12.4. The molecule has 0 atom stereocenters. The number of rotatable bonds is 4. The fraction of sp³-hybridized carbons (Fsp3) is 0.0588. The van der Waals surface area contributed by atoms with Crippen LogP contribution in [-0.4, -0.2) is 35.2 Å². The second kappa shape index (κ2) is 6.55. The van der Waals surface area contributed by atoms with Crippen LogP contribution in [0, 0.1) is 0 Å². The minimum Gasteiger partial charge on any atom is -0.322 e. The summed E-state index contributed by atoms with van der Waals surface area (Å²) in [7, 11) is 0. The monoisotopic (exact) mass is 347 g/mol. The Balaban J connectivity index is 1.49. The van der Waals surface area contributed by atoms with Gasteiger partial charge in [0.2, 0.25) is 5.91 Å². The van der Waals surface area contributed by atoms with Gasteiger partial charge in [-0.15, -0.1) is 0 Å². The number of anilines is 1. The number of aromatic nitrogens is 6. The van der Waals surface area contributed by atoms with Crippen LogP contribution >= 0.6 is 0 Å². The van der Waals surface area contributed by atoms with E-state index in [-0.39, 0.29) is 18.0 Å². The predicted molar refractivity (Wildman–Crippen MR) is 93.8 cm³/mol. The zero-order valence-electron chi connectivity index (χ0n) is 13.5. The maximum absolute atomic E-state index is 12.4. The lowest BCUT2D eigenvalue weighted by Gasteiger charge is -2.08. The van der Waals surface area contributed by atoms with E-state index in [1.54, 1.807) is 42.7 Å². The molecule has 0 bridgehead atoms. The van der Waals surface area contributed by atoms with Crippen LogP contribution in [0.4, 0.5) is 5.69 Å². The molecule has 0 saturated heterocycles. The van der Waals surface area contributed by atoms with E-state index in [0.29, 0.717) is 22.5 Å². The van der Waals surface area contributed by atoms with Crippen molar-refractivity contribution in [2.45, 2.75) is 6.54 Å². The lowest BCUT2D eigenvalue weighted by molar-refractivity contribution is -0.116. The number of fused-ring (bicyclic) bond motifs is 1. The van der Waals surface area contributed by atoms with Gasteiger partial charge < -0.3 is 5.32 Å². The van der Waals surface area contributed by atoms with Gasteiger partial charge in [0.05, 0.1) is 35.3 Å². The molecule has 1 aromatic carbocycles. The molecule has 9 heteroatoms. The van der Waals surface area contributed by atoms with Crippen molar-refractivity contribution in [2.75, 3.05) is 5.32 Å². The van der Waals surface area contributed by atoms with Gasteiger partial charge >= 0.3 is 0 Å². The number of hydrogen-bond acceptors (Lipinski definition) is 6. The standard InChI is InChI=1S/C17H13N7O2/c25-15(10-23-11-20-14-5-2-1-4-13(14)16(23)26)22-12-8-18-17(19-9-12)24-7-3-6-21-24/h1-9,11H,10H2,(H,22,25). The average molecular weight is 347 g/mol. The van der Waals surface area contributed by atoms with Crippen LogP contribution in [0.2, 0.25) is 0 Å². The highest BCUT2D eigenvalue weighted by molar-refractivity contribution is 5.90. The highest BCUT2D eigenvalue weighted by atomic mass is 16.2. The van der Waals surface area contributed by atoms with Crippen molar-refractivity contribution in [3.63, 3.8) is 0 Å². The molecule has 1 N–H and O–H groups in total. The Morgan fingerprint density at radius 3 is 2.65 bits per heavy atom. The molecule has 0 aliphatic rings. The van der Waals surface area contributed by atoms with E-state index in [4.69, 9.17) is 0 Å². The Morgan fingerprint density at radius 1 is 1.08 bits per heavy atom. The van der Waals surface area contributed by atoms with Crippen LogP contribution < -0.4 is 10.9 Å². The minimum atomic E-state index is -0.375. The fourth-order valence-corrected chi connectivity index (χ4v) is 2.47. The van der Waals surface area contributed by atoms with E-state index in [9.17, 15) is 9.59 Å². The normalized spacial score (nSPS) is 10.8. The SMILES string of the molecule is O=C(Cn1cnc2ccccc2c1=O)Nc1cnc(-n2cccn2)nc1. The van der Waals surface area contributed by atoms with Crippen LogP contribution in [0.3, 0.4) is 0 Å². The zero-order valence-corrected chi connectivity index (χ0v) is 13.5. The highest BCUT2D eigenvalue weighted by Crippen LogP contribution is 2.07. The molecular weight excluding hydrogens is 334 g/mol. The molecule has 9 nitrogen and oxygen atoms in total. The summed E-state index contributed by atoms with van der Waals surface area (Å²) >= 11 is 0. The number of carbonyl (C=O) groups is 1. The van der Waals surface area contributed by atoms with Gasteiger partial charge in [-0.2, -0.15) is 5.10 Å². The van der Waals surface area contributed by atoms with E-state index in [1.165, 1.54) is 28.0 Å². The molecule has 0 aliphatic heterocycles. The first-order chi connectivity index (χ1) is 12.7. The fourth-order valence-electron chi connectivity index (χ4n) is 2.47. The zero-order chi connectivity index (χ0) is 17.9. The highest BCUT2D eigenvalue weighted by Gasteiger charge is 2.09. The molecule has 128 valence electrons. The van der Waals surface area contributed by atoms with Gasteiger partial charge in [0.1, 0.15) is 6.54 Å². The van der Waals surface area contributed by atoms with Crippen molar-refractivity contribution in [3.05, 3.63) is 71.8 Å². The summed E-state index contributed by atoms with van der Waals surface area (Å²) in [4.78, 5) is 37.1. The number of para-hydroxylation sites is 1. The summed E-state index contributed by atoms with van der Waals surface area (Å²) in [6.07, 6.45) is 7.65. The van der Waals surface area contributed by atoms with E-state index in [1.807, 2.05) is 0 Å². The molecule has 4 aromatic rings. The molecule has 3 aromatic heterocycles. The second-order valence-corrected chi connectivity index (χ2v) is 5.47. The lowest BCUT2D eigenvalue weighted by atomic mass is 10.2. The van der Waals surface area contributed by atoms with Crippen molar-refractivity contribution in [1.29, 1.82) is 0 Å². The van der Waals surface area contributed by atoms with Gasteiger partial charge in [-0.3, -0.25) is 14.2 Å². The Hall–Kier alpha value is -3.88. The summed E-state index contributed by atoms with van der Waals surface area (Å²) in [6.45, 7) is -0.155. The molecule has 0 unspecified atom stereocenters. The van der Waals surface area contributed by atoms with Crippen LogP contribution in [0.5, 0.6) is 0 Å². The van der Waals surface area contributed by atoms with Gasteiger partial charge in [-0.25, -0.2) is 19.6 Å². The number of carbonyl (C=O) groups excluding carboxylic acids is 1. The molecule has 0 saturated carbocycles. The molecular formula is C17H13N7O2. The van der Waals surface area contributed by atoms with Crippen molar-refractivity contribution >= 4 is 22.5 Å². The summed E-state index contributed by atoms with van der Waals surface area (Å²) in [5.74, 6) is 0.0163. The van der Waals surface area contributed by atoms with Crippen LogP contribution in [0.15, 0.2) is 66.2 Å². The average Bonchev–Trinajstić information content (AvgIpc) is 3.20. The summed E-state index contributed by atoms with van der Waals surface area (Å²) in [5.41, 5.74) is 0.750. The molecule has 0 aliphatic carbocycles. The quantitative estimate of drug-likeness (QED) is 0.590.